The van der Waals surface area contributed by atoms with E-state index in [0.29, 0.717) is 13.1 Å². The molecule has 2 rings (SSSR count). The van der Waals surface area contributed by atoms with Crippen LogP contribution in [0.3, 0.4) is 0 Å². The monoisotopic (exact) mass is 352 g/mol. The highest BCUT2D eigenvalue weighted by atomic mass is 16.1. The minimum atomic E-state index is -0.0279. The Labute approximate surface area is 156 Å². The van der Waals surface area contributed by atoms with Crippen LogP contribution >= 0.6 is 0 Å². The molecule has 0 aliphatic heterocycles. The number of guanidine groups is 1. The van der Waals surface area contributed by atoms with Gasteiger partial charge in [-0.15, -0.1) is 0 Å². The molecule has 2 aromatic carbocycles. The molecule has 0 spiro atoms. The first-order valence-electron chi connectivity index (χ1n) is 8.85. The molecule has 0 aromatic heterocycles. The van der Waals surface area contributed by atoms with E-state index in [-0.39, 0.29) is 11.8 Å². The second-order valence-corrected chi connectivity index (χ2v) is 6.71. The van der Waals surface area contributed by atoms with Crippen molar-refractivity contribution in [3.63, 3.8) is 0 Å². The van der Waals surface area contributed by atoms with Crippen molar-refractivity contribution < 1.29 is 4.79 Å². The van der Waals surface area contributed by atoms with Crippen LogP contribution in [0.4, 0.5) is 5.69 Å². The Hall–Kier alpha value is -2.82. The van der Waals surface area contributed by atoms with Gasteiger partial charge in [0.05, 0.1) is 6.54 Å². The van der Waals surface area contributed by atoms with Gasteiger partial charge in [0.2, 0.25) is 5.91 Å². The van der Waals surface area contributed by atoms with E-state index in [4.69, 9.17) is 0 Å². The second-order valence-electron chi connectivity index (χ2n) is 6.71. The van der Waals surface area contributed by atoms with E-state index in [1.54, 1.807) is 0 Å². The molecule has 0 aliphatic carbocycles. The zero-order valence-corrected chi connectivity index (χ0v) is 16.0. The Bertz CT molecular complexity index is 721. The molecule has 5 nitrogen and oxygen atoms in total. The maximum Gasteiger partial charge on any atom is 0.226 e. The van der Waals surface area contributed by atoms with Crippen LogP contribution in [0.2, 0.25) is 0 Å². The zero-order valence-electron chi connectivity index (χ0n) is 16.0. The Balaban J connectivity index is 1.93. The van der Waals surface area contributed by atoms with Gasteiger partial charge < -0.3 is 15.5 Å². The summed E-state index contributed by atoms with van der Waals surface area (Å²) in [6.45, 7) is 5.07. The van der Waals surface area contributed by atoms with Crippen molar-refractivity contribution >= 4 is 17.6 Å². The summed E-state index contributed by atoms with van der Waals surface area (Å²) in [5.41, 5.74) is 3.12. The van der Waals surface area contributed by atoms with Crippen molar-refractivity contribution in [1.29, 1.82) is 0 Å². The van der Waals surface area contributed by atoms with Gasteiger partial charge >= 0.3 is 0 Å². The number of hydrogen-bond acceptors (Lipinski definition) is 2. The summed E-state index contributed by atoms with van der Waals surface area (Å²) in [7, 11) is 3.95. The van der Waals surface area contributed by atoms with Crippen LogP contribution in [0.5, 0.6) is 0 Å². The fourth-order valence-electron chi connectivity index (χ4n) is 2.28. The van der Waals surface area contributed by atoms with Crippen molar-refractivity contribution in [2.75, 3.05) is 19.4 Å². The number of nitrogens with zero attached hydrogens (tertiary/aromatic N) is 2. The molecule has 138 valence electrons. The van der Waals surface area contributed by atoms with Gasteiger partial charge in [-0.3, -0.25) is 4.79 Å². The minimum Gasteiger partial charge on any atom is -0.352 e. The lowest BCUT2D eigenvalue weighted by molar-refractivity contribution is -0.118. The van der Waals surface area contributed by atoms with E-state index < -0.39 is 0 Å². The van der Waals surface area contributed by atoms with Crippen molar-refractivity contribution in [2.24, 2.45) is 10.9 Å². The third kappa shape index (κ3) is 6.24. The number of anilines is 1. The Morgan fingerprint density at radius 3 is 2.23 bits per heavy atom. The number of rotatable bonds is 6. The molecule has 0 aliphatic rings. The molecule has 0 unspecified atom stereocenters. The number of benzene rings is 2. The van der Waals surface area contributed by atoms with Gasteiger partial charge in [-0.25, -0.2) is 4.99 Å². The van der Waals surface area contributed by atoms with Crippen LogP contribution in [0.15, 0.2) is 59.6 Å². The number of carbonyl (C=O) groups excluding carboxylic acids is 1. The number of hydrogen-bond donors (Lipinski definition) is 2. The topological polar surface area (TPSA) is 56.7 Å². The van der Waals surface area contributed by atoms with Crippen LogP contribution in [0.25, 0.3) is 0 Å². The van der Waals surface area contributed by atoms with E-state index >= 15 is 0 Å². The molecule has 1 amide bonds. The van der Waals surface area contributed by atoms with E-state index in [9.17, 15) is 4.79 Å². The molecule has 0 fully saturated rings. The number of amides is 1. The summed E-state index contributed by atoms with van der Waals surface area (Å²) in [6.07, 6.45) is 0. The van der Waals surface area contributed by atoms with Gasteiger partial charge in [-0.1, -0.05) is 56.3 Å². The highest BCUT2D eigenvalue weighted by Gasteiger charge is 2.07. The van der Waals surface area contributed by atoms with Gasteiger partial charge in [0.1, 0.15) is 0 Å². The molecular weight excluding hydrogens is 324 g/mol. The van der Waals surface area contributed by atoms with E-state index in [2.05, 4.69) is 27.8 Å². The molecule has 0 bridgehead atoms. The summed E-state index contributed by atoms with van der Waals surface area (Å²) < 4.78 is 0. The molecule has 0 saturated heterocycles. The minimum absolute atomic E-state index is 0.0267. The molecular formula is C21H28N4O. The van der Waals surface area contributed by atoms with Gasteiger partial charge in [0.15, 0.2) is 5.96 Å². The Morgan fingerprint density at radius 1 is 1.00 bits per heavy atom. The lowest BCUT2D eigenvalue weighted by Crippen LogP contribution is -2.36. The molecule has 2 N–H and O–H groups in total. The third-order valence-electron chi connectivity index (χ3n) is 3.87. The fraction of sp³-hybridized carbons (Fsp3) is 0.333. The lowest BCUT2D eigenvalue weighted by Gasteiger charge is -2.18. The Kier molecular flexibility index (Phi) is 7.21. The van der Waals surface area contributed by atoms with Gasteiger partial charge in [0.25, 0.3) is 0 Å². The first kappa shape index (κ1) is 19.5. The summed E-state index contributed by atoms with van der Waals surface area (Å²) in [5, 5.41) is 6.27. The first-order valence-corrected chi connectivity index (χ1v) is 8.85. The second kappa shape index (κ2) is 9.61. The van der Waals surface area contributed by atoms with Crippen LogP contribution < -0.4 is 10.6 Å². The quantitative estimate of drug-likeness (QED) is 0.618. The lowest BCUT2D eigenvalue weighted by atomic mass is 10.1. The standard InChI is InChI=1S/C21H28N4O/c1-16(2)20(26)24-19-12-10-18(11-13-19)15-23-21(25(3)4)22-14-17-8-6-5-7-9-17/h5-13,16H,14-15H2,1-4H3,(H,22,23)(H,24,26). The predicted octanol–water partition coefficient (Wildman–Crippen LogP) is 3.49. The average Bonchev–Trinajstić information content (AvgIpc) is 2.63. The van der Waals surface area contributed by atoms with Gasteiger partial charge in [-0.2, -0.15) is 0 Å². The van der Waals surface area contributed by atoms with E-state index in [0.717, 1.165) is 17.2 Å². The molecule has 0 radical (unpaired) electrons. The van der Waals surface area contributed by atoms with Crippen LogP contribution in [-0.4, -0.2) is 30.9 Å². The molecule has 0 heterocycles. The van der Waals surface area contributed by atoms with Crippen molar-refractivity contribution in [3.05, 3.63) is 65.7 Å². The number of nitrogens with one attached hydrogen (secondary N) is 2. The zero-order chi connectivity index (χ0) is 18.9. The maximum absolute atomic E-state index is 11.7. The third-order valence-corrected chi connectivity index (χ3v) is 3.87. The first-order chi connectivity index (χ1) is 12.5. The molecule has 2 aromatic rings. The fourth-order valence-corrected chi connectivity index (χ4v) is 2.28. The van der Waals surface area contributed by atoms with Crippen LogP contribution in [0, 0.1) is 5.92 Å². The maximum atomic E-state index is 11.7. The van der Waals surface area contributed by atoms with Gasteiger partial charge in [-0.05, 0) is 23.3 Å². The summed E-state index contributed by atoms with van der Waals surface area (Å²) in [6, 6.07) is 18.1. The number of aliphatic imine (C=N–C) groups is 1. The molecule has 0 saturated carbocycles. The normalized spacial score (nSPS) is 11.3. The summed E-state index contributed by atoms with van der Waals surface area (Å²) in [5.74, 6) is 0.838. The molecule has 5 heteroatoms. The van der Waals surface area contributed by atoms with E-state index in [1.807, 2.05) is 75.3 Å². The number of carbonyl (C=O) groups is 1. The van der Waals surface area contributed by atoms with Crippen molar-refractivity contribution in [3.8, 4) is 0 Å². The van der Waals surface area contributed by atoms with Gasteiger partial charge in [0, 0.05) is 32.2 Å². The van der Waals surface area contributed by atoms with Crippen LogP contribution in [0.1, 0.15) is 25.0 Å². The van der Waals surface area contributed by atoms with Crippen molar-refractivity contribution in [2.45, 2.75) is 26.9 Å². The highest BCUT2D eigenvalue weighted by molar-refractivity contribution is 5.92. The summed E-state index contributed by atoms with van der Waals surface area (Å²) >= 11 is 0. The molecule has 0 atom stereocenters. The summed E-state index contributed by atoms with van der Waals surface area (Å²) in [4.78, 5) is 18.4. The predicted molar refractivity (Wildman–Crippen MR) is 108 cm³/mol. The van der Waals surface area contributed by atoms with E-state index in [1.165, 1.54) is 5.56 Å². The largest absolute Gasteiger partial charge is 0.352 e. The smallest absolute Gasteiger partial charge is 0.226 e. The highest BCUT2D eigenvalue weighted by Crippen LogP contribution is 2.11. The average molecular weight is 352 g/mol. The van der Waals surface area contributed by atoms with Crippen LogP contribution in [-0.2, 0) is 17.9 Å². The Morgan fingerprint density at radius 2 is 1.65 bits per heavy atom. The molecule has 26 heavy (non-hydrogen) atoms. The van der Waals surface area contributed by atoms with Crippen molar-refractivity contribution in [1.82, 2.24) is 10.2 Å². The SMILES string of the molecule is CC(C)C(=O)Nc1ccc(CNC(=NCc2ccccc2)N(C)C)cc1.